The zero-order chi connectivity index (χ0) is 19.8. The molecule has 0 aliphatic heterocycles. The van der Waals surface area contributed by atoms with Crippen molar-refractivity contribution in [1.82, 2.24) is 9.97 Å². The van der Waals surface area contributed by atoms with Crippen LogP contribution in [0.3, 0.4) is 0 Å². The van der Waals surface area contributed by atoms with Gasteiger partial charge in [-0.2, -0.15) is 0 Å². The summed E-state index contributed by atoms with van der Waals surface area (Å²) in [7, 11) is 0. The van der Waals surface area contributed by atoms with Gasteiger partial charge in [0.2, 0.25) is 0 Å². The Hall–Kier alpha value is -2.98. The van der Waals surface area contributed by atoms with Gasteiger partial charge in [-0.15, -0.1) is 11.3 Å². The third-order valence-corrected chi connectivity index (χ3v) is 6.58. The van der Waals surface area contributed by atoms with Crippen LogP contribution in [0.4, 0.5) is 5.82 Å². The second-order valence-electron chi connectivity index (χ2n) is 7.84. The highest BCUT2D eigenvalue weighted by molar-refractivity contribution is 7.26. The van der Waals surface area contributed by atoms with Crippen molar-refractivity contribution < 1.29 is 0 Å². The maximum absolute atomic E-state index is 4.52. The van der Waals surface area contributed by atoms with E-state index in [1.165, 1.54) is 31.3 Å². The number of fused-ring (bicyclic) bond motifs is 4. The fourth-order valence-electron chi connectivity index (χ4n) is 3.82. The number of anilines is 1. The predicted molar refractivity (Wildman–Crippen MR) is 126 cm³/mol. The monoisotopic (exact) mass is 397 g/mol. The Bertz CT molecular complexity index is 1320. The number of thiophene rings is 1. The van der Waals surface area contributed by atoms with E-state index in [2.05, 4.69) is 89.8 Å². The molecule has 0 atom stereocenters. The lowest BCUT2D eigenvalue weighted by atomic mass is 10.0. The van der Waals surface area contributed by atoms with Crippen LogP contribution >= 0.6 is 11.3 Å². The highest BCUT2D eigenvalue weighted by atomic mass is 32.1. The lowest BCUT2D eigenvalue weighted by molar-refractivity contribution is 0.607. The van der Waals surface area contributed by atoms with E-state index in [4.69, 9.17) is 0 Å². The number of nitrogens with zero attached hydrogens (tertiary/aromatic N) is 2. The summed E-state index contributed by atoms with van der Waals surface area (Å²) in [6.45, 7) is 5.40. The van der Waals surface area contributed by atoms with E-state index >= 15 is 0 Å². The van der Waals surface area contributed by atoms with Crippen LogP contribution in [-0.4, -0.2) is 16.5 Å². The first-order valence-electron chi connectivity index (χ1n) is 10.1. The zero-order valence-corrected chi connectivity index (χ0v) is 17.5. The Balaban J connectivity index is 1.64. The molecule has 0 unspecified atom stereocenters. The van der Waals surface area contributed by atoms with E-state index in [9.17, 15) is 0 Å². The van der Waals surface area contributed by atoms with E-state index in [0.29, 0.717) is 5.92 Å². The van der Waals surface area contributed by atoms with Gasteiger partial charge < -0.3 is 5.32 Å². The normalized spacial score (nSPS) is 11.7. The second kappa shape index (κ2) is 7.45. The molecule has 0 aliphatic carbocycles. The summed E-state index contributed by atoms with van der Waals surface area (Å²) in [5.74, 6) is 1.58. The lowest BCUT2D eigenvalue weighted by Crippen LogP contribution is -2.06. The van der Waals surface area contributed by atoms with Gasteiger partial charge >= 0.3 is 0 Å². The van der Waals surface area contributed by atoms with Crippen LogP contribution in [0.1, 0.15) is 20.3 Å². The number of nitrogens with one attached hydrogen (secondary N) is 1. The smallest absolute Gasteiger partial charge is 0.137 e. The quantitative estimate of drug-likeness (QED) is 0.343. The first kappa shape index (κ1) is 18.1. The molecule has 0 saturated heterocycles. The molecular formula is C25H23N3S. The fourth-order valence-corrected chi connectivity index (χ4v) is 5.06. The molecule has 0 aliphatic rings. The molecule has 0 saturated carbocycles. The minimum absolute atomic E-state index is 0.664. The molecule has 0 bridgehead atoms. The van der Waals surface area contributed by atoms with Gasteiger partial charge in [0, 0.05) is 32.1 Å². The van der Waals surface area contributed by atoms with E-state index in [1.807, 2.05) is 11.3 Å². The number of aromatic nitrogens is 2. The number of rotatable bonds is 5. The molecular weight excluding hydrogens is 374 g/mol. The minimum atomic E-state index is 0.664. The lowest BCUT2D eigenvalue weighted by Gasteiger charge is -2.11. The molecule has 2 heterocycles. The third kappa shape index (κ3) is 3.34. The Kier molecular flexibility index (Phi) is 4.64. The van der Waals surface area contributed by atoms with E-state index < -0.39 is 0 Å². The van der Waals surface area contributed by atoms with Gasteiger partial charge in [-0.25, -0.2) is 9.97 Å². The van der Waals surface area contributed by atoms with Crippen molar-refractivity contribution in [2.24, 2.45) is 5.92 Å². The SMILES string of the molecule is CC(C)CCNc1ncnc2ccc(-c3cccc4c3sc3ccccc34)cc12. The molecule has 1 N–H and O–H groups in total. The van der Waals surface area contributed by atoms with Crippen LogP contribution in [0, 0.1) is 5.92 Å². The van der Waals surface area contributed by atoms with Gasteiger partial charge in [0.05, 0.1) is 5.52 Å². The summed E-state index contributed by atoms with van der Waals surface area (Å²) in [6.07, 6.45) is 2.76. The topological polar surface area (TPSA) is 37.8 Å². The number of benzene rings is 3. The molecule has 3 aromatic carbocycles. The Morgan fingerprint density at radius 2 is 1.76 bits per heavy atom. The molecule has 144 valence electrons. The maximum Gasteiger partial charge on any atom is 0.137 e. The van der Waals surface area contributed by atoms with E-state index in [0.717, 1.165) is 29.7 Å². The van der Waals surface area contributed by atoms with Crippen molar-refractivity contribution in [3.63, 3.8) is 0 Å². The first-order valence-corrected chi connectivity index (χ1v) is 10.9. The maximum atomic E-state index is 4.52. The molecule has 29 heavy (non-hydrogen) atoms. The second-order valence-corrected chi connectivity index (χ2v) is 8.90. The Morgan fingerprint density at radius 1 is 0.897 bits per heavy atom. The van der Waals surface area contributed by atoms with Crippen molar-refractivity contribution in [2.75, 3.05) is 11.9 Å². The summed E-state index contributed by atoms with van der Waals surface area (Å²) in [6, 6.07) is 21.7. The highest BCUT2D eigenvalue weighted by Crippen LogP contribution is 2.40. The number of hydrogen-bond donors (Lipinski definition) is 1. The molecule has 0 radical (unpaired) electrons. The molecule has 0 spiro atoms. The Labute approximate surface area is 174 Å². The van der Waals surface area contributed by atoms with Gasteiger partial charge in [-0.1, -0.05) is 56.3 Å². The van der Waals surface area contributed by atoms with Crippen molar-refractivity contribution in [1.29, 1.82) is 0 Å². The fraction of sp³-hybridized carbons (Fsp3) is 0.200. The van der Waals surface area contributed by atoms with E-state index in [-0.39, 0.29) is 0 Å². The third-order valence-electron chi connectivity index (χ3n) is 5.36. The van der Waals surface area contributed by atoms with Gasteiger partial charge in [-0.3, -0.25) is 0 Å². The van der Waals surface area contributed by atoms with Gasteiger partial charge in [-0.05, 0) is 41.7 Å². The molecule has 4 heteroatoms. The first-order chi connectivity index (χ1) is 14.2. The molecule has 5 aromatic rings. The predicted octanol–water partition coefficient (Wildman–Crippen LogP) is 7.12. The molecule has 0 fully saturated rings. The van der Waals surface area contributed by atoms with Gasteiger partial charge in [0.1, 0.15) is 12.1 Å². The van der Waals surface area contributed by atoms with Crippen LogP contribution in [0.25, 0.3) is 42.2 Å². The standard InChI is InChI=1S/C25H23N3S/c1-16(2)12-13-26-25-21-14-17(10-11-22(21)27-15-28-25)18-7-5-8-20-19-6-3-4-9-23(19)29-24(18)20/h3-11,14-16H,12-13H2,1-2H3,(H,26,27,28). The van der Waals surface area contributed by atoms with Gasteiger partial charge in [0.15, 0.2) is 0 Å². The molecule has 0 amide bonds. The average molecular weight is 398 g/mol. The van der Waals surface area contributed by atoms with Crippen molar-refractivity contribution in [3.05, 3.63) is 67.0 Å². The number of hydrogen-bond acceptors (Lipinski definition) is 4. The minimum Gasteiger partial charge on any atom is -0.369 e. The van der Waals surface area contributed by atoms with Gasteiger partial charge in [0.25, 0.3) is 0 Å². The highest BCUT2D eigenvalue weighted by Gasteiger charge is 2.12. The molecule has 5 rings (SSSR count). The Morgan fingerprint density at radius 3 is 2.66 bits per heavy atom. The summed E-state index contributed by atoms with van der Waals surface area (Å²) in [5.41, 5.74) is 3.44. The largest absolute Gasteiger partial charge is 0.369 e. The van der Waals surface area contributed by atoms with Crippen LogP contribution in [0.2, 0.25) is 0 Å². The van der Waals surface area contributed by atoms with Crippen molar-refractivity contribution in [2.45, 2.75) is 20.3 Å². The summed E-state index contributed by atoms with van der Waals surface area (Å²) in [4.78, 5) is 8.98. The summed E-state index contributed by atoms with van der Waals surface area (Å²) < 4.78 is 2.66. The summed E-state index contributed by atoms with van der Waals surface area (Å²) >= 11 is 1.86. The van der Waals surface area contributed by atoms with Crippen LogP contribution in [-0.2, 0) is 0 Å². The van der Waals surface area contributed by atoms with E-state index in [1.54, 1.807) is 6.33 Å². The van der Waals surface area contributed by atoms with Crippen LogP contribution in [0.5, 0.6) is 0 Å². The molecule has 2 aromatic heterocycles. The summed E-state index contributed by atoms with van der Waals surface area (Å²) in [5, 5.41) is 7.23. The average Bonchev–Trinajstić information content (AvgIpc) is 3.12. The van der Waals surface area contributed by atoms with Crippen molar-refractivity contribution >= 4 is 48.2 Å². The van der Waals surface area contributed by atoms with Crippen LogP contribution in [0.15, 0.2) is 67.0 Å². The van der Waals surface area contributed by atoms with Crippen LogP contribution < -0.4 is 5.32 Å². The van der Waals surface area contributed by atoms with Crippen molar-refractivity contribution in [3.8, 4) is 11.1 Å². The zero-order valence-electron chi connectivity index (χ0n) is 16.6. The molecule has 3 nitrogen and oxygen atoms in total.